The molecule has 1 nitrogen and oxygen atoms in total. The van der Waals surface area contributed by atoms with E-state index < -0.39 is 0 Å². The zero-order valence-corrected chi connectivity index (χ0v) is 6.36. The molecular formula is C4H8OZr. The van der Waals surface area contributed by atoms with Crippen LogP contribution in [0.5, 0.6) is 0 Å². The Kier molecular flexibility index (Phi) is 14.8. The number of rotatable bonds is 2. The van der Waals surface area contributed by atoms with Crippen LogP contribution in [-0.4, -0.2) is 6.29 Å². The van der Waals surface area contributed by atoms with Gasteiger partial charge in [0, 0.05) is 32.6 Å². The van der Waals surface area contributed by atoms with E-state index in [4.69, 9.17) is 0 Å². The third kappa shape index (κ3) is 8.82. The molecule has 0 aliphatic carbocycles. The second-order valence-corrected chi connectivity index (χ2v) is 0.955. The summed E-state index contributed by atoms with van der Waals surface area (Å²) in [7, 11) is 0. The standard InChI is InChI=1S/C4H8O.Zr/c1-2-3-4-5;/h4H,2-3H2,1H3;. The van der Waals surface area contributed by atoms with Gasteiger partial charge in [0.15, 0.2) is 0 Å². The Morgan fingerprint density at radius 2 is 2.17 bits per heavy atom. The van der Waals surface area contributed by atoms with Crippen LogP contribution in [0.2, 0.25) is 0 Å². The van der Waals surface area contributed by atoms with Crippen molar-refractivity contribution in [2.24, 2.45) is 0 Å². The first-order chi connectivity index (χ1) is 2.41. The summed E-state index contributed by atoms with van der Waals surface area (Å²) in [6, 6.07) is 0. The molecule has 2 heteroatoms. The zero-order chi connectivity index (χ0) is 4.12. The predicted molar refractivity (Wildman–Crippen MR) is 21.0 cm³/mol. The molecular weight excluding hydrogens is 155 g/mol. The molecule has 0 N–H and O–H groups in total. The molecule has 0 aromatic rings. The van der Waals surface area contributed by atoms with Crippen molar-refractivity contribution in [3.8, 4) is 0 Å². The van der Waals surface area contributed by atoms with Gasteiger partial charge in [-0.1, -0.05) is 6.92 Å². The van der Waals surface area contributed by atoms with E-state index in [2.05, 4.69) is 0 Å². The quantitative estimate of drug-likeness (QED) is 0.555. The van der Waals surface area contributed by atoms with E-state index in [9.17, 15) is 4.79 Å². The molecule has 6 heavy (non-hydrogen) atoms. The number of aldehydes is 1. The molecule has 0 atom stereocenters. The molecule has 0 fully saturated rings. The first-order valence-corrected chi connectivity index (χ1v) is 1.85. The van der Waals surface area contributed by atoms with Crippen LogP contribution in [0.4, 0.5) is 0 Å². The second-order valence-electron chi connectivity index (χ2n) is 0.955. The van der Waals surface area contributed by atoms with Crippen molar-refractivity contribution in [3.05, 3.63) is 0 Å². The molecule has 0 heterocycles. The van der Waals surface area contributed by atoms with Crippen LogP contribution in [0, 0.1) is 0 Å². The van der Waals surface area contributed by atoms with Crippen LogP contribution < -0.4 is 0 Å². The average Bonchev–Trinajstić information content (AvgIpc) is 1.41. The van der Waals surface area contributed by atoms with E-state index in [0.717, 1.165) is 12.7 Å². The van der Waals surface area contributed by atoms with Crippen molar-refractivity contribution in [1.82, 2.24) is 0 Å². The van der Waals surface area contributed by atoms with Crippen LogP contribution in [0.15, 0.2) is 0 Å². The molecule has 0 spiro atoms. The smallest absolute Gasteiger partial charge is 0.119 e. The molecule has 0 aromatic heterocycles. The Labute approximate surface area is 57.2 Å². The first kappa shape index (κ1) is 9.75. The number of unbranched alkanes of at least 4 members (excludes halogenated alkanes) is 1. The van der Waals surface area contributed by atoms with Gasteiger partial charge < -0.3 is 4.79 Å². The van der Waals surface area contributed by atoms with Gasteiger partial charge in [-0.3, -0.25) is 0 Å². The summed E-state index contributed by atoms with van der Waals surface area (Å²) in [4.78, 5) is 9.40. The zero-order valence-electron chi connectivity index (χ0n) is 3.90. The Hall–Kier alpha value is 0.553. The fraction of sp³-hybridized carbons (Fsp3) is 0.750. The van der Waals surface area contributed by atoms with E-state index in [1.807, 2.05) is 6.92 Å². The molecule has 0 saturated heterocycles. The second kappa shape index (κ2) is 9.12. The fourth-order valence-electron chi connectivity index (χ4n) is 0.118. The minimum Gasteiger partial charge on any atom is -0.303 e. The molecule has 0 bridgehead atoms. The summed E-state index contributed by atoms with van der Waals surface area (Å²) < 4.78 is 0. The molecule has 0 unspecified atom stereocenters. The molecule has 0 aliphatic heterocycles. The van der Waals surface area contributed by atoms with E-state index in [0.29, 0.717) is 6.42 Å². The van der Waals surface area contributed by atoms with E-state index >= 15 is 0 Å². The summed E-state index contributed by atoms with van der Waals surface area (Å²) in [6.07, 6.45) is 2.61. The van der Waals surface area contributed by atoms with Crippen molar-refractivity contribution < 1.29 is 31.0 Å². The molecule has 0 aliphatic rings. The molecule has 0 amide bonds. The van der Waals surface area contributed by atoms with Gasteiger partial charge in [-0.15, -0.1) is 0 Å². The normalized spacial score (nSPS) is 6.17. The average molecular weight is 163 g/mol. The minimum atomic E-state index is 0. The molecule has 34 valence electrons. The summed E-state index contributed by atoms with van der Waals surface area (Å²) in [5.74, 6) is 0. The van der Waals surface area contributed by atoms with Gasteiger partial charge in [0.25, 0.3) is 0 Å². The monoisotopic (exact) mass is 162 g/mol. The van der Waals surface area contributed by atoms with Crippen molar-refractivity contribution in [3.63, 3.8) is 0 Å². The van der Waals surface area contributed by atoms with Crippen molar-refractivity contribution in [1.29, 1.82) is 0 Å². The SMILES string of the molecule is CCCC=O.[Zr]. The van der Waals surface area contributed by atoms with Crippen LogP contribution in [-0.2, 0) is 31.0 Å². The summed E-state index contributed by atoms with van der Waals surface area (Å²) >= 11 is 0. The first-order valence-electron chi connectivity index (χ1n) is 1.85. The Balaban J connectivity index is 0. The maximum atomic E-state index is 9.40. The van der Waals surface area contributed by atoms with E-state index in [1.54, 1.807) is 0 Å². The van der Waals surface area contributed by atoms with Gasteiger partial charge in [-0.05, 0) is 6.42 Å². The summed E-state index contributed by atoms with van der Waals surface area (Å²) in [5.41, 5.74) is 0. The number of hydrogen-bond acceptors (Lipinski definition) is 1. The van der Waals surface area contributed by atoms with Crippen LogP contribution >= 0.6 is 0 Å². The van der Waals surface area contributed by atoms with Crippen molar-refractivity contribution in [2.45, 2.75) is 19.8 Å². The van der Waals surface area contributed by atoms with Crippen LogP contribution in [0.1, 0.15) is 19.8 Å². The van der Waals surface area contributed by atoms with Crippen molar-refractivity contribution >= 4 is 6.29 Å². The fourth-order valence-corrected chi connectivity index (χ4v) is 0.118. The maximum absolute atomic E-state index is 9.40. The molecule has 0 saturated carbocycles. The van der Waals surface area contributed by atoms with Crippen LogP contribution in [0.3, 0.4) is 0 Å². The van der Waals surface area contributed by atoms with Gasteiger partial charge >= 0.3 is 0 Å². The third-order valence-electron chi connectivity index (χ3n) is 0.407. The third-order valence-corrected chi connectivity index (χ3v) is 0.407. The Morgan fingerprint density at radius 3 is 2.17 bits per heavy atom. The van der Waals surface area contributed by atoms with Gasteiger partial charge in [0.05, 0.1) is 0 Å². The summed E-state index contributed by atoms with van der Waals surface area (Å²) in [5, 5.41) is 0. The number of carbonyl (C=O) groups excluding carboxylic acids is 1. The van der Waals surface area contributed by atoms with Crippen molar-refractivity contribution in [2.75, 3.05) is 0 Å². The van der Waals surface area contributed by atoms with Gasteiger partial charge in [0.2, 0.25) is 0 Å². The predicted octanol–water partition coefficient (Wildman–Crippen LogP) is 0.983. The maximum Gasteiger partial charge on any atom is 0.119 e. The molecule has 0 radical (unpaired) electrons. The Morgan fingerprint density at radius 1 is 1.67 bits per heavy atom. The van der Waals surface area contributed by atoms with Gasteiger partial charge in [-0.2, -0.15) is 0 Å². The Bertz CT molecular complexity index is 28.7. The molecule has 0 aromatic carbocycles. The van der Waals surface area contributed by atoms with Gasteiger partial charge in [0.1, 0.15) is 6.29 Å². The largest absolute Gasteiger partial charge is 0.303 e. The molecule has 0 rings (SSSR count). The topological polar surface area (TPSA) is 17.1 Å². The van der Waals surface area contributed by atoms with E-state index in [-0.39, 0.29) is 26.2 Å². The van der Waals surface area contributed by atoms with Gasteiger partial charge in [-0.25, -0.2) is 0 Å². The number of carbonyl (C=O) groups is 1. The number of hydrogen-bond donors (Lipinski definition) is 0. The summed E-state index contributed by atoms with van der Waals surface area (Å²) in [6.45, 7) is 1.98. The minimum absolute atomic E-state index is 0. The van der Waals surface area contributed by atoms with E-state index in [1.165, 1.54) is 0 Å². The van der Waals surface area contributed by atoms with Crippen LogP contribution in [0.25, 0.3) is 0 Å².